The molecule has 0 atom stereocenters. The molecule has 268 valence electrons. The van der Waals surface area contributed by atoms with Crippen molar-refractivity contribution in [3.8, 4) is 67.3 Å². The Balaban J connectivity index is 1.08. The average molecular weight is 727 g/mol. The van der Waals surface area contributed by atoms with Gasteiger partial charge in [0.15, 0.2) is 5.82 Å². The molecule has 0 N–H and O–H groups in total. The smallest absolute Gasteiger partial charge is 0.161 e. The summed E-state index contributed by atoms with van der Waals surface area (Å²) in [4.78, 5) is 10.7. The molecule has 0 aliphatic heterocycles. The first-order chi connectivity index (χ1) is 28.0. The Morgan fingerprint density at radius 2 is 0.895 bits per heavy atom. The molecule has 0 saturated carbocycles. The number of rotatable bonds is 5. The van der Waals surface area contributed by atoms with E-state index in [0.29, 0.717) is 5.82 Å². The lowest BCUT2D eigenvalue weighted by molar-refractivity contribution is 0.666. The zero-order valence-corrected chi connectivity index (χ0v) is 31.9. The molecule has 1 aliphatic carbocycles. The highest BCUT2D eigenvalue weighted by atomic mass is 14.9. The molecule has 0 fully saturated rings. The standard InChI is InChI=1S/C55H38N2/c1-55(2)50-33-38(28-29-46(50)48-30-27-36-16-7-9-21-41(36)53(48)55)40-31-32-49(45-24-11-10-22-42(40)45)54-56-51(37-17-4-3-5-18-37)34-52(57-54)47-25-13-12-23-44(47)43-26-14-19-35-15-6-8-20-39(35)43/h3-34H,1-2H3. The van der Waals surface area contributed by atoms with Crippen LogP contribution >= 0.6 is 0 Å². The third kappa shape index (κ3) is 5.33. The van der Waals surface area contributed by atoms with E-state index in [1.807, 2.05) is 0 Å². The summed E-state index contributed by atoms with van der Waals surface area (Å²) in [6.45, 7) is 4.75. The lowest BCUT2D eigenvalue weighted by Gasteiger charge is -2.24. The first-order valence-corrected chi connectivity index (χ1v) is 19.7. The van der Waals surface area contributed by atoms with Crippen molar-refractivity contribution in [3.05, 3.63) is 205 Å². The summed E-state index contributed by atoms with van der Waals surface area (Å²) >= 11 is 0. The molecule has 10 aromatic rings. The first kappa shape index (κ1) is 33.2. The number of aromatic nitrogens is 2. The van der Waals surface area contributed by atoms with Crippen molar-refractivity contribution in [1.82, 2.24) is 9.97 Å². The highest BCUT2D eigenvalue weighted by Gasteiger charge is 2.37. The lowest BCUT2D eigenvalue weighted by atomic mass is 9.79. The molecule has 0 unspecified atom stereocenters. The van der Waals surface area contributed by atoms with Gasteiger partial charge in [0.05, 0.1) is 11.4 Å². The van der Waals surface area contributed by atoms with Gasteiger partial charge in [-0.1, -0.05) is 190 Å². The van der Waals surface area contributed by atoms with Gasteiger partial charge in [0.1, 0.15) is 0 Å². The molecule has 0 radical (unpaired) electrons. The molecule has 0 amide bonds. The topological polar surface area (TPSA) is 25.8 Å². The summed E-state index contributed by atoms with van der Waals surface area (Å²) in [5.41, 5.74) is 15.0. The summed E-state index contributed by atoms with van der Waals surface area (Å²) < 4.78 is 0. The van der Waals surface area contributed by atoms with Gasteiger partial charge in [0.25, 0.3) is 0 Å². The van der Waals surface area contributed by atoms with Crippen LogP contribution in [0, 0.1) is 0 Å². The second-order valence-corrected chi connectivity index (χ2v) is 15.7. The number of hydrogen-bond donors (Lipinski definition) is 0. The van der Waals surface area contributed by atoms with E-state index in [9.17, 15) is 0 Å². The van der Waals surface area contributed by atoms with Gasteiger partial charge in [0, 0.05) is 22.1 Å². The molecular formula is C55H38N2. The van der Waals surface area contributed by atoms with Crippen LogP contribution in [0.4, 0.5) is 0 Å². The molecule has 0 saturated heterocycles. The fourth-order valence-electron chi connectivity index (χ4n) is 9.38. The molecule has 0 bridgehead atoms. The maximum absolute atomic E-state index is 5.42. The van der Waals surface area contributed by atoms with Gasteiger partial charge in [-0.3, -0.25) is 0 Å². The number of hydrogen-bond acceptors (Lipinski definition) is 2. The molecule has 57 heavy (non-hydrogen) atoms. The monoisotopic (exact) mass is 726 g/mol. The quantitative estimate of drug-likeness (QED) is 0.176. The first-order valence-electron chi connectivity index (χ1n) is 19.7. The summed E-state index contributed by atoms with van der Waals surface area (Å²) in [7, 11) is 0. The van der Waals surface area contributed by atoms with Crippen LogP contribution in [-0.2, 0) is 5.41 Å². The van der Waals surface area contributed by atoms with Crippen LogP contribution in [0.25, 0.3) is 99.6 Å². The van der Waals surface area contributed by atoms with Gasteiger partial charge in [-0.05, 0) is 95.0 Å². The zero-order chi connectivity index (χ0) is 38.1. The van der Waals surface area contributed by atoms with Crippen molar-refractivity contribution in [2.45, 2.75) is 19.3 Å². The average Bonchev–Trinajstić information content (AvgIpc) is 3.51. The second kappa shape index (κ2) is 13.0. The molecule has 1 heterocycles. The third-order valence-corrected chi connectivity index (χ3v) is 12.1. The SMILES string of the molecule is CC1(C)c2cc(-c3ccc(-c4nc(-c5ccccc5)cc(-c5ccccc5-c5cccc6ccccc56)n4)c4ccccc34)ccc2-c2ccc3ccccc3c21. The van der Waals surface area contributed by atoms with Gasteiger partial charge in [0.2, 0.25) is 0 Å². The molecule has 1 aromatic heterocycles. The fraction of sp³-hybridized carbons (Fsp3) is 0.0545. The summed E-state index contributed by atoms with van der Waals surface area (Å²) in [6.07, 6.45) is 0. The van der Waals surface area contributed by atoms with Crippen molar-refractivity contribution in [1.29, 1.82) is 0 Å². The summed E-state index contributed by atoms with van der Waals surface area (Å²) in [5, 5.41) is 7.37. The van der Waals surface area contributed by atoms with Gasteiger partial charge in [-0.15, -0.1) is 0 Å². The molecular weight excluding hydrogens is 689 g/mol. The minimum absolute atomic E-state index is 0.137. The van der Waals surface area contributed by atoms with Crippen molar-refractivity contribution in [2.75, 3.05) is 0 Å². The lowest BCUT2D eigenvalue weighted by Crippen LogP contribution is -2.15. The minimum Gasteiger partial charge on any atom is -0.228 e. The zero-order valence-electron chi connectivity index (χ0n) is 31.9. The van der Waals surface area contributed by atoms with Crippen molar-refractivity contribution in [2.24, 2.45) is 0 Å². The minimum atomic E-state index is -0.137. The van der Waals surface area contributed by atoms with Crippen LogP contribution in [0.1, 0.15) is 25.0 Å². The molecule has 2 nitrogen and oxygen atoms in total. The van der Waals surface area contributed by atoms with Crippen LogP contribution in [-0.4, -0.2) is 9.97 Å². The van der Waals surface area contributed by atoms with Gasteiger partial charge in [-0.2, -0.15) is 0 Å². The predicted octanol–water partition coefficient (Wildman–Crippen LogP) is 14.6. The summed E-state index contributed by atoms with van der Waals surface area (Å²) in [5.74, 6) is 0.708. The summed E-state index contributed by atoms with van der Waals surface area (Å²) in [6, 6.07) is 70.0. The van der Waals surface area contributed by atoms with Crippen molar-refractivity contribution >= 4 is 32.3 Å². The van der Waals surface area contributed by atoms with E-state index >= 15 is 0 Å². The highest BCUT2D eigenvalue weighted by molar-refractivity contribution is 6.06. The highest BCUT2D eigenvalue weighted by Crippen LogP contribution is 2.52. The van der Waals surface area contributed by atoms with Crippen LogP contribution < -0.4 is 0 Å². The Bertz CT molecular complexity index is 3210. The molecule has 2 heteroatoms. The number of fused-ring (bicyclic) bond motifs is 7. The van der Waals surface area contributed by atoms with Gasteiger partial charge in [-0.25, -0.2) is 9.97 Å². The van der Waals surface area contributed by atoms with Crippen molar-refractivity contribution in [3.63, 3.8) is 0 Å². The number of nitrogens with zero attached hydrogens (tertiary/aromatic N) is 2. The second-order valence-electron chi connectivity index (χ2n) is 15.7. The van der Waals surface area contributed by atoms with E-state index in [1.165, 1.54) is 65.9 Å². The van der Waals surface area contributed by atoms with E-state index < -0.39 is 0 Å². The van der Waals surface area contributed by atoms with E-state index in [0.717, 1.165) is 39.0 Å². The Hall–Kier alpha value is -7.16. The normalized spacial score (nSPS) is 12.9. The van der Waals surface area contributed by atoms with E-state index in [4.69, 9.17) is 9.97 Å². The maximum Gasteiger partial charge on any atom is 0.161 e. The molecule has 0 spiro atoms. The third-order valence-electron chi connectivity index (χ3n) is 12.1. The Morgan fingerprint density at radius 3 is 1.70 bits per heavy atom. The largest absolute Gasteiger partial charge is 0.228 e. The fourth-order valence-corrected chi connectivity index (χ4v) is 9.38. The number of benzene rings is 9. The Labute approximate surface area is 332 Å². The van der Waals surface area contributed by atoms with E-state index in [-0.39, 0.29) is 5.41 Å². The molecule has 1 aliphatic rings. The van der Waals surface area contributed by atoms with Crippen LogP contribution in [0.15, 0.2) is 194 Å². The van der Waals surface area contributed by atoms with Crippen molar-refractivity contribution < 1.29 is 0 Å². The molecule has 11 rings (SSSR count). The maximum atomic E-state index is 5.42. The van der Waals surface area contributed by atoms with E-state index in [1.54, 1.807) is 0 Å². The Kier molecular flexibility index (Phi) is 7.55. The molecule has 9 aromatic carbocycles. The van der Waals surface area contributed by atoms with Gasteiger partial charge < -0.3 is 0 Å². The van der Waals surface area contributed by atoms with Crippen LogP contribution in [0.3, 0.4) is 0 Å². The van der Waals surface area contributed by atoms with Crippen LogP contribution in [0.2, 0.25) is 0 Å². The van der Waals surface area contributed by atoms with E-state index in [2.05, 4.69) is 208 Å². The Morgan fingerprint density at radius 1 is 0.333 bits per heavy atom. The predicted molar refractivity (Wildman–Crippen MR) is 239 cm³/mol. The van der Waals surface area contributed by atoms with Gasteiger partial charge >= 0.3 is 0 Å². The van der Waals surface area contributed by atoms with Crippen LogP contribution in [0.5, 0.6) is 0 Å².